The molecule has 1 aromatic carbocycles. The second-order valence-corrected chi connectivity index (χ2v) is 6.21. The second-order valence-electron chi connectivity index (χ2n) is 6.21. The predicted octanol–water partition coefficient (Wildman–Crippen LogP) is 3.80. The van der Waals surface area contributed by atoms with Gasteiger partial charge in [-0.3, -0.25) is 0 Å². The molecule has 1 aliphatic heterocycles. The molecular weight excluding hydrogens is 241 g/mol. The fourth-order valence-electron chi connectivity index (χ4n) is 3.61. The van der Waals surface area contributed by atoms with Crippen LogP contribution in [0.4, 0.5) is 4.39 Å². The topological polar surface area (TPSA) is 35.2 Å². The molecule has 1 heterocycles. The summed E-state index contributed by atoms with van der Waals surface area (Å²) >= 11 is 0. The van der Waals surface area contributed by atoms with E-state index in [2.05, 4.69) is 6.92 Å². The maximum atomic E-state index is 13.3. The Morgan fingerprint density at radius 3 is 2.89 bits per heavy atom. The van der Waals surface area contributed by atoms with Crippen molar-refractivity contribution in [3.05, 3.63) is 29.6 Å². The lowest BCUT2D eigenvalue weighted by atomic mass is 9.77. The van der Waals surface area contributed by atoms with E-state index in [1.807, 2.05) is 0 Å². The van der Waals surface area contributed by atoms with Gasteiger partial charge in [-0.1, -0.05) is 19.8 Å². The van der Waals surface area contributed by atoms with E-state index in [-0.39, 0.29) is 18.0 Å². The number of hydrogen-bond acceptors (Lipinski definition) is 2. The van der Waals surface area contributed by atoms with Crippen molar-refractivity contribution in [2.75, 3.05) is 0 Å². The number of rotatable bonds is 1. The van der Waals surface area contributed by atoms with Gasteiger partial charge in [0.2, 0.25) is 0 Å². The second kappa shape index (κ2) is 5.12. The maximum Gasteiger partial charge on any atom is 0.124 e. The van der Waals surface area contributed by atoms with E-state index in [9.17, 15) is 4.39 Å². The number of halogens is 1. The van der Waals surface area contributed by atoms with Gasteiger partial charge in [0, 0.05) is 18.0 Å². The first-order valence-corrected chi connectivity index (χ1v) is 7.35. The van der Waals surface area contributed by atoms with Gasteiger partial charge in [-0.2, -0.15) is 0 Å². The average Bonchev–Trinajstić information content (AvgIpc) is 2.39. The molecule has 0 bridgehead atoms. The summed E-state index contributed by atoms with van der Waals surface area (Å²) in [5.41, 5.74) is 7.02. The van der Waals surface area contributed by atoms with Crippen molar-refractivity contribution in [3.8, 4) is 5.75 Å². The monoisotopic (exact) mass is 263 g/mol. The van der Waals surface area contributed by atoms with Gasteiger partial charge in [0.05, 0.1) is 0 Å². The highest BCUT2D eigenvalue weighted by Crippen LogP contribution is 2.40. The fraction of sp³-hybridized carbons (Fsp3) is 0.625. The highest BCUT2D eigenvalue weighted by atomic mass is 19.1. The van der Waals surface area contributed by atoms with Gasteiger partial charge in [-0.15, -0.1) is 0 Å². The van der Waals surface area contributed by atoms with Crippen LogP contribution in [0.1, 0.15) is 50.6 Å². The van der Waals surface area contributed by atoms with Crippen molar-refractivity contribution in [3.63, 3.8) is 0 Å². The van der Waals surface area contributed by atoms with Crippen LogP contribution < -0.4 is 10.5 Å². The van der Waals surface area contributed by atoms with Crippen LogP contribution >= 0.6 is 0 Å². The van der Waals surface area contributed by atoms with Crippen LogP contribution in [0.15, 0.2) is 18.2 Å². The zero-order chi connectivity index (χ0) is 13.4. The SMILES string of the molecule is CC1CCCC(C2C[C@@H](N)c3cc(F)ccc3O2)C1. The molecule has 104 valence electrons. The lowest BCUT2D eigenvalue weighted by Gasteiger charge is -2.38. The Hall–Kier alpha value is -1.09. The van der Waals surface area contributed by atoms with Crippen molar-refractivity contribution >= 4 is 0 Å². The van der Waals surface area contributed by atoms with Gasteiger partial charge in [-0.25, -0.2) is 4.39 Å². The van der Waals surface area contributed by atoms with Gasteiger partial charge < -0.3 is 10.5 Å². The first-order chi connectivity index (χ1) is 9.13. The molecule has 3 rings (SSSR count). The van der Waals surface area contributed by atoms with Crippen LogP contribution in [0.3, 0.4) is 0 Å². The first kappa shape index (κ1) is 12.9. The number of benzene rings is 1. The summed E-state index contributed by atoms with van der Waals surface area (Å²) in [6.45, 7) is 2.32. The minimum Gasteiger partial charge on any atom is -0.490 e. The van der Waals surface area contributed by atoms with Crippen LogP contribution in [0.25, 0.3) is 0 Å². The van der Waals surface area contributed by atoms with Crippen molar-refractivity contribution in [2.24, 2.45) is 17.6 Å². The molecule has 0 aromatic heterocycles. The lowest BCUT2D eigenvalue weighted by Crippen LogP contribution is -2.37. The Morgan fingerprint density at radius 1 is 1.26 bits per heavy atom. The zero-order valence-corrected chi connectivity index (χ0v) is 11.4. The largest absolute Gasteiger partial charge is 0.490 e. The molecule has 0 saturated heterocycles. The summed E-state index contributed by atoms with van der Waals surface area (Å²) in [4.78, 5) is 0. The standard InChI is InChI=1S/C16H22FNO/c1-10-3-2-4-11(7-10)16-9-14(18)13-8-12(17)5-6-15(13)19-16/h5-6,8,10-11,14,16H,2-4,7,9,18H2,1H3/t10?,11?,14-,16?/m1/s1. The lowest BCUT2D eigenvalue weighted by molar-refractivity contribution is 0.0664. The van der Waals surface area contributed by atoms with Crippen LogP contribution in [0.5, 0.6) is 5.75 Å². The third-order valence-electron chi connectivity index (χ3n) is 4.64. The van der Waals surface area contributed by atoms with Crippen LogP contribution in [-0.4, -0.2) is 6.10 Å². The molecule has 19 heavy (non-hydrogen) atoms. The molecule has 0 radical (unpaired) electrons. The molecule has 2 aliphatic rings. The molecular formula is C16H22FNO. The predicted molar refractivity (Wildman–Crippen MR) is 73.5 cm³/mol. The minimum absolute atomic E-state index is 0.0957. The summed E-state index contributed by atoms with van der Waals surface area (Å²) in [7, 11) is 0. The molecule has 4 atom stereocenters. The molecule has 0 amide bonds. The Balaban J connectivity index is 1.79. The molecule has 1 saturated carbocycles. The van der Waals surface area contributed by atoms with E-state index in [1.54, 1.807) is 6.07 Å². The molecule has 3 heteroatoms. The molecule has 1 aliphatic carbocycles. The van der Waals surface area contributed by atoms with E-state index >= 15 is 0 Å². The van der Waals surface area contributed by atoms with Gasteiger partial charge in [-0.05, 0) is 42.9 Å². The normalized spacial score (nSPS) is 34.5. The van der Waals surface area contributed by atoms with Gasteiger partial charge in [0.25, 0.3) is 0 Å². The Kier molecular flexibility index (Phi) is 3.48. The van der Waals surface area contributed by atoms with Gasteiger partial charge in [0.1, 0.15) is 17.7 Å². The smallest absolute Gasteiger partial charge is 0.124 e. The summed E-state index contributed by atoms with van der Waals surface area (Å²) in [6, 6.07) is 4.60. The van der Waals surface area contributed by atoms with Crippen LogP contribution in [0, 0.1) is 17.7 Å². The van der Waals surface area contributed by atoms with Gasteiger partial charge in [0.15, 0.2) is 0 Å². The molecule has 2 nitrogen and oxygen atoms in total. The Bertz CT molecular complexity index is 462. The summed E-state index contributed by atoms with van der Waals surface area (Å²) in [6.07, 6.45) is 6.10. The number of nitrogens with two attached hydrogens (primary N) is 1. The number of hydrogen-bond donors (Lipinski definition) is 1. The molecule has 0 spiro atoms. The van der Waals surface area contributed by atoms with E-state index in [0.29, 0.717) is 5.92 Å². The van der Waals surface area contributed by atoms with E-state index in [1.165, 1.54) is 37.8 Å². The maximum absolute atomic E-state index is 13.3. The third kappa shape index (κ3) is 2.62. The quantitative estimate of drug-likeness (QED) is 0.836. The fourth-order valence-corrected chi connectivity index (χ4v) is 3.61. The van der Waals surface area contributed by atoms with Crippen molar-refractivity contribution in [2.45, 2.75) is 51.2 Å². The molecule has 2 N–H and O–H groups in total. The van der Waals surface area contributed by atoms with Crippen LogP contribution in [0.2, 0.25) is 0 Å². The van der Waals surface area contributed by atoms with Gasteiger partial charge >= 0.3 is 0 Å². The van der Waals surface area contributed by atoms with E-state index in [0.717, 1.165) is 23.7 Å². The Morgan fingerprint density at radius 2 is 2.11 bits per heavy atom. The highest BCUT2D eigenvalue weighted by Gasteiger charge is 2.34. The zero-order valence-electron chi connectivity index (χ0n) is 11.4. The van der Waals surface area contributed by atoms with E-state index < -0.39 is 0 Å². The van der Waals surface area contributed by atoms with E-state index in [4.69, 9.17) is 10.5 Å². The van der Waals surface area contributed by atoms with Crippen molar-refractivity contribution in [1.29, 1.82) is 0 Å². The minimum atomic E-state index is -0.234. The average molecular weight is 263 g/mol. The highest BCUT2D eigenvalue weighted by molar-refractivity contribution is 5.38. The van der Waals surface area contributed by atoms with Crippen molar-refractivity contribution in [1.82, 2.24) is 0 Å². The number of fused-ring (bicyclic) bond motifs is 1. The Labute approximate surface area is 114 Å². The molecule has 1 aromatic rings. The molecule has 1 fully saturated rings. The third-order valence-corrected chi connectivity index (χ3v) is 4.64. The van der Waals surface area contributed by atoms with Crippen molar-refractivity contribution < 1.29 is 9.13 Å². The summed E-state index contributed by atoms with van der Waals surface area (Å²) in [5.74, 6) is 1.94. The summed E-state index contributed by atoms with van der Waals surface area (Å²) in [5, 5.41) is 0. The first-order valence-electron chi connectivity index (χ1n) is 7.35. The molecule has 3 unspecified atom stereocenters. The van der Waals surface area contributed by atoms with Crippen LogP contribution in [-0.2, 0) is 0 Å². The summed E-state index contributed by atoms with van der Waals surface area (Å²) < 4.78 is 19.4. The number of ether oxygens (including phenoxy) is 1.